The Bertz CT molecular complexity index is 2280. The maximum atomic E-state index is 10.0. The molecule has 0 spiro atoms. The molecule has 0 unspecified atom stereocenters. The highest BCUT2D eigenvalue weighted by molar-refractivity contribution is 7.26. The van der Waals surface area contributed by atoms with Crippen LogP contribution in [-0.4, -0.2) is 0 Å². The fourth-order valence-corrected chi connectivity index (χ4v) is 8.14. The Labute approximate surface area is 250 Å². The first-order valence-electron chi connectivity index (χ1n) is 13.6. The van der Waals surface area contributed by atoms with E-state index in [1.807, 2.05) is 22.7 Å². The van der Waals surface area contributed by atoms with Crippen molar-refractivity contribution in [1.82, 2.24) is 0 Å². The van der Waals surface area contributed by atoms with Gasteiger partial charge in [0.25, 0.3) is 0 Å². The zero-order valence-corrected chi connectivity index (χ0v) is 23.9. The molecule has 0 saturated heterocycles. The van der Waals surface area contributed by atoms with Gasteiger partial charge in [0.05, 0.1) is 23.3 Å². The number of fused-ring (bicyclic) bond motifs is 6. The van der Waals surface area contributed by atoms with Gasteiger partial charge in [0.2, 0.25) is 0 Å². The normalized spacial score (nSPS) is 11.3. The Morgan fingerprint density at radius 2 is 0.833 bits per heavy atom. The lowest BCUT2D eigenvalue weighted by Crippen LogP contribution is -1.92. The molecule has 0 atom stereocenters. The first-order chi connectivity index (χ1) is 20.7. The Morgan fingerprint density at radius 3 is 1.33 bits per heavy atom. The molecule has 6 aromatic carbocycles. The number of rotatable bonds is 3. The second-order valence-electron chi connectivity index (χ2n) is 10.4. The van der Waals surface area contributed by atoms with Crippen LogP contribution in [0.5, 0.6) is 0 Å². The molecule has 0 fully saturated rings. The molecule has 0 bridgehead atoms. The number of thiophene rings is 2. The minimum atomic E-state index is 0.496. The molecule has 2 nitrogen and oxygen atoms in total. The quantitative estimate of drug-likeness (QED) is 0.213. The lowest BCUT2D eigenvalue weighted by Gasteiger charge is -2.14. The van der Waals surface area contributed by atoms with Crippen LogP contribution in [-0.2, 0) is 0 Å². The van der Waals surface area contributed by atoms with E-state index in [4.69, 9.17) is 0 Å². The summed E-state index contributed by atoms with van der Waals surface area (Å²) in [4.78, 5) is 0. The molecule has 0 radical (unpaired) electrons. The minimum Gasteiger partial charge on any atom is -0.192 e. The van der Waals surface area contributed by atoms with Crippen molar-refractivity contribution in [3.63, 3.8) is 0 Å². The lowest BCUT2D eigenvalue weighted by molar-refractivity contribution is 1.44. The smallest absolute Gasteiger partial charge is 0.0998 e. The predicted molar refractivity (Wildman–Crippen MR) is 178 cm³/mol. The van der Waals surface area contributed by atoms with Crippen molar-refractivity contribution in [1.29, 1.82) is 10.5 Å². The van der Waals surface area contributed by atoms with Crippen LogP contribution in [0.25, 0.3) is 73.7 Å². The van der Waals surface area contributed by atoms with Gasteiger partial charge in [-0.1, -0.05) is 54.6 Å². The molecule has 2 heterocycles. The first kappa shape index (κ1) is 24.5. The van der Waals surface area contributed by atoms with E-state index in [1.165, 1.54) is 40.3 Å². The van der Waals surface area contributed by atoms with Crippen LogP contribution in [0.4, 0.5) is 0 Å². The summed E-state index contributed by atoms with van der Waals surface area (Å²) >= 11 is 3.61. The Kier molecular flexibility index (Phi) is 5.66. The van der Waals surface area contributed by atoms with Crippen molar-refractivity contribution in [3.8, 4) is 45.5 Å². The van der Waals surface area contributed by atoms with Gasteiger partial charge < -0.3 is 0 Å². The van der Waals surface area contributed by atoms with E-state index in [2.05, 4.69) is 115 Å². The van der Waals surface area contributed by atoms with Gasteiger partial charge in [0.1, 0.15) is 0 Å². The average molecular weight is 569 g/mol. The van der Waals surface area contributed by atoms with Gasteiger partial charge >= 0.3 is 0 Å². The van der Waals surface area contributed by atoms with Crippen LogP contribution in [0, 0.1) is 22.7 Å². The number of nitrogens with zero attached hydrogens (tertiary/aromatic N) is 2. The maximum Gasteiger partial charge on any atom is 0.0998 e. The zero-order valence-electron chi connectivity index (χ0n) is 22.3. The first-order valence-corrected chi connectivity index (χ1v) is 15.3. The summed E-state index contributed by atoms with van der Waals surface area (Å²) in [7, 11) is 0. The molecular formula is C38H20N2S2. The second-order valence-corrected chi connectivity index (χ2v) is 12.5. The lowest BCUT2D eigenvalue weighted by atomic mass is 9.89. The number of benzene rings is 6. The second kappa shape index (κ2) is 9.68. The van der Waals surface area contributed by atoms with Crippen molar-refractivity contribution < 1.29 is 0 Å². The molecule has 2 aromatic heterocycles. The highest BCUT2D eigenvalue weighted by Crippen LogP contribution is 2.41. The molecule has 8 aromatic rings. The SMILES string of the molecule is N#Cc1cccc(C#N)c1-c1cc(-c2ccc3sc4ccccc4c3c2)cc(-c2ccc3sc4ccccc4c3c2)c1. The summed E-state index contributed by atoms with van der Waals surface area (Å²) in [6.07, 6.45) is 0. The standard InChI is InChI=1S/C38H20N2S2/c39-21-25-6-5-7-26(22-40)38(25)29-17-27(23-12-14-36-32(19-23)30-8-1-3-10-34(30)41-36)16-28(18-29)24-13-15-37-33(20-24)31-9-2-4-11-35(31)42-37/h1-20H. The fraction of sp³-hybridized carbons (Fsp3) is 0. The van der Waals surface area contributed by atoms with Gasteiger partial charge in [-0.3, -0.25) is 0 Å². The van der Waals surface area contributed by atoms with Gasteiger partial charge in [-0.05, 0) is 94.5 Å². The molecule has 0 aliphatic heterocycles. The Morgan fingerprint density at radius 1 is 0.381 bits per heavy atom. The number of nitriles is 2. The molecule has 42 heavy (non-hydrogen) atoms. The highest BCUT2D eigenvalue weighted by Gasteiger charge is 2.16. The van der Waals surface area contributed by atoms with E-state index in [1.54, 1.807) is 18.2 Å². The molecule has 0 N–H and O–H groups in total. The summed E-state index contributed by atoms with van der Waals surface area (Å²) in [5.41, 5.74) is 6.83. The van der Waals surface area contributed by atoms with E-state index < -0.39 is 0 Å². The van der Waals surface area contributed by atoms with Crippen LogP contribution in [0.3, 0.4) is 0 Å². The Hall–Kier alpha value is -5.26. The van der Waals surface area contributed by atoms with Crippen molar-refractivity contribution in [3.05, 3.63) is 132 Å². The van der Waals surface area contributed by atoms with E-state index in [9.17, 15) is 10.5 Å². The fourth-order valence-electron chi connectivity index (χ4n) is 5.97. The molecule has 8 rings (SSSR count). The van der Waals surface area contributed by atoms with Crippen molar-refractivity contribution in [2.75, 3.05) is 0 Å². The molecule has 0 saturated carbocycles. The average Bonchev–Trinajstić information content (AvgIpc) is 3.61. The summed E-state index contributed by atoms with van der Waals surface area (Å²) in [6.45, 7) is 0. The van der Waals surface area contributed by atoms with Gasteiger partial charge in [0, 0.05) is 45.9 Å². The summed E-state index contributed by atoms with van der Waals surface area (Å²) in [5.74, 6) is 0. The van der Waals surface area contributed by atoms with E-state index >= 15 is 0 Å². The third kappa shape index (κ3) is 3.90. The van der Waals surface area contributed by atoms with E-state index in [0.717, 1.165) is 27.8 Å². The third-order valence-electron chi connectivity index (χ3n) is 7.95. The van der Waals surface area contributed by atoms with Crippen LogP contribution in [0.1, 0.15) is 11.1 Å². The monoisotopic (exact) mass is 568 g/mol. The zero-order chi connectivity index (χ0) is 28.2. The third-order valence-corrected chi connectivity index (χ3v) is 10.3. The van der Waals surface area contributed by atoms with Crippen molar-refractivity contribution in [2.45, 2.75) is 0 Å². The number of hydrogen-bond acceptors (Lipinski definition) is 4. The minimum absolute atomic E-state index is 0.496. The predicted octanol–water partition coefficient (Wildman–Crippen LogP) is 11.2. The Balaban J connectivity index is 1.40. The van der Waals surface area contributed by atoms with Gasteiger partial charge in [-0.2, -0.15) is 10.5 Å². The van der Waals surface area contributed by atoms with Gasteiger partial charge in [-0.15, -0.1) is 22.7 Å². The number of hydrogen-bond donors (Lipinski definition) is 0. The molecule has 0 amide bonds. The maximum absolute atomic E-state index is 10.0. The highest BCUT2D eigenvalue weighted by atomic mass is 32.1. The molecule has 4 heteroatoms. The van der Waals surface area contributed by atoms with Crippen molar-refractivity contribution >= 4 is 63.0 Å². The molecule has 0 aliphatic rings. The van der Waals surface area contributed by atoms with Gasteiger partial charge in [0.15, 0.2) is 0 Å². The molecule has 0 aliphatic carbocycles. The summed E-state index contributed by atoms with van der Waals surface area (Å²) < 4.78 is 5.06. The topological polar surface area (TPSA) is 47.6 Å². The van der Waals surface area contributed by atoms with E-state index in [-0.39, 0.29) is 0 Å². The van der Waals surface area contributed by atoms with Crippen molar-refractivity contribution in [2.24, 2.45) is 0 Å². The summed E-state index contributed by atoms with van der Waals surface area (Å²) in [5, 5.41) is 25.0. The summed E-state index contributed by atoms with van der Waals surface area (Å²) in [6, 6.07) is 46.8. The largest absolute Gasteiger partial charge is 0.192 e. The molecular weight excluding hydrogens is 549 g/mol. The van der Waals surface area contributed by atoms with E-state index in [0.29, 0.717) is 16.7 Å². The van der Waals surface area contributed by atoms with Crippen LogP contribution < -0.4 is 0 Å². The van der Waals surface area contributed by atoms with Crippen LogP contribution in [0.15, 0.2) is 121 Å². The van der Waals surface area contributed by atoms with Crippen LogP contribution in [0.2, 0.25) is 0 Å². The molecule has 194 valence electrons. The van der Waals surface area contributed by atoms with Crippen LogP contribution >= 0.6 is 22.7 Å². The van der Waals surface area contributed by atoms with Gasteiger partial charge in [-0.25, -0.2) is 0 Å².